The quantitative estimate of drug-likeness (QED) is 0.256. The summed E-state index contributed by atoms with van der Waals surface area (Å²) in [6.45, 7) is 2.75. The molecule has 0 saturated heterocycles. The fourth-order valence-corrected chi connectivity index (χ4v) is 3.96. The summed E-state index contributed by atoms with van der Waals surface area (Å²) in [5.74, 6) is 3.22. The van der Waals surface area contributed by atoms with Crippen molar-refractivity contribution in [3.05, 3.63) is 83.2 Å². The summed E-state index contributed by atoms with van der Waals surface area (Å²) < 4.78 is 16.8. The highest BCUT2D eigenvalue weighted by Gasteiger charge is 2.21. The van der Waals surface area contributed by atoms with Gasteiger partial charge in [0.05, 0.1) is 19.9 Å². The highest BCUT2D eigenvalue weighted by molar-refractivity contribution is 14.0. The van der Waals surface area contributed by atoms with Crippen LogP contribution in [0.4, 0.5) is 0 Å². The van der Waals surface area contributed by atoms with Crippen molar-refractivity contribution in [2.24, 2.45) is 4.99 Å². The summed E-state index contributed by atoms with van der Waals surface area (Å²) in [6, 6.07) is 18.1. The van der Waals surface area contributed by atoms with E-state index in [4.69, 9.17) is 14.2 Å². The maximum absolute atomic E-state index is 5.91. The topological polar surface area (TPSA) is 68.2 Å². The number of methoxy groups -OCH3 is 2. The molecule has 0 bridgehead atoms. The first-order valence-electron chi connectivity index (χ1n) is 11.0. The van der Waals surface area contributed by atoms with Crippen molar-refractivity contribution < 1.29 is 14.2 Å². The minimum Gasteiger partial charge on any atom is -0.493 e. The second-order valence-corrected chi connectivity index (χ2v) is 7.81. The van der Waals surface area contributed by atoms with Gasteiger partial charge in [0.15, 0.2) is 17.5 Å². The fraction of sp³-hybridized carbons (Fsp3) is 0.308. The summed E-state index contributed by atoms with van der Waals surface area (Å²) in [5, 5.41) is 3.49. The van der Waals surface area contributed by atoms with E-state index in [2.05, 4.69) is 38.4 Å². The van der Waals surface area contributed by atoms with Crippen molar-refractivity contribution in [3.8, 4) is 17.2 Å². The highest BCUT2D eigenvalue weighted by Crippen LogP contribution is 2.33. The molecule has 0 saturated carbocycles. The zero-order chi connectivity index (χ0) is 23.0. The number of nitrogens with one attached hydrogen (secondary N) is 1. The van der Waals surface area contributed by atoms with E-state index in [0.29, 0.717) is 13.2 Å². The van der Waals surface area contributed by atoms with E-state index in [0.717, 1.165) is 54.0 Å². The molecule has 0 spiro atoms. The van der Waals surface area contributed by atoms with Gasteiger partial charge in [-0.25, -0.2) is 0 Å². The first kappa shape index (κ1) is 25.6. The van der Waals surface area contributed by atoms with Gasteiger partial charge in [0.25, 0.3) is 0 Å². The number of ether oxygens (including phenoxy) is 3. The third-order valence-electron chi connectivity index (χ3n) is 5.69. The number of halogens is 1. The Morgan fingerprint density at radius 3 is 2.53 bits per heavy atom. The highest BCUT2D eigenvalue weighted by atomic mass is 127. The zero-order valence-electron chi connectivity index (χ0n) is 19.8. The Balaban J connectivity index is 0.00000324. The van der Waals surface area contributed by atoms with E-state index >= 15 is 0 Å². The van der Waals surface area contributed by atoms with Crippen LogP contribution in [0.3, 0.4) is 0 Å². The second-order valence-electron chi connectivity index (χ2n) is 7.81. The Kier molecular flexibility index (Phi) is 9.38. The van der Waals surface area contributed by atoms with Gasteiger partial charge in [-0.1, -0.05) is 18.2 Å². The molecule has 0 unspecified atom stereocenters. The molecule has 1 aliphatic rings. The van der Waals surface area contributed by atoms with Gasteiger partial charge in [-0.3, -0.25) is 9.98 Å². The Morgan fingerprint density at radius 1 is 1.03 bits per heavy atom. The zero-order valence-corrected chi connectivity index (χ0v) is 22.1. The summed E-state index contributed by atoms with van der Waals surface area (Å²) in [6.07, 6.45) is 2.70. The number of pyridine rings is 1. The Labute approximate surface area is 218 Å². The van der Waals surface area contributed by atoms with Crippen molar-refractivity contribution in [2.75, 3.05) is 27.8 Å². The summed E-state index contributed by atoms with van der Waals surface area (Å²) in [5.41, 5.74) is 4.54. The molecule has 0 atom stereocenters. The van der Waals surface area contributed by atoms with Crippen LogP contribution in [-0.4, -0.2) is 43.7 Å². The van der Waals surface area contributed by atoms with Gasteiger partial charge in [-0.2, -0.15) is 0 Å². The van der Waals surface area contributed by atoms with Crippen molar-refractivity contribution in [1.82, 2.24) is 15.2 Å². The van der Waals surface area contributed by atoms with E-state index in [-0.39, 0.29) is 24.0 Å². The van der Waals surface area contributed by atoms with Gasteiger partial charge in [0.1, 0.15) is 12.4 Å². The van der Waals surface area contributed by atoms with Crippen LogP contribution >= 0.6 is 24.0 Å². The van der Waals surface area contributed by atoms with Crippen molar-refractivity contribution in [1.29, 1.82) is 0 Å². The molecule has 0 radical (unpaired) electrons. The first-order chi connectivity index (χ1) is 16.2. The number of benzene rings is 2. The average Bonchev–Trinajstić information content (AvgIpc) is 2.87. The Hall–Kier alpha value is -3.01. The molecule has 3 aromatic rings. The lowest BCUT2D eigenvalue weighted by Crippen LogP contribution is -2.43. The number of guanidine groups is 1. The molecule has 1 N–H and O–H groups in total. The molecule has 0 amide bonds. The molecule has 34 heavy (non-hydrogen) atoms. The fourth-order valence-electron chi connectivity index (χ4n) is 3.96. The van der Waals surface area contributed by atoms with Crippen LogP contribution in [-0.2, 0) is 26.1 Å². The lowest BCUT2D eigenvalue weighted by atomic mass is 9.99. The molecule has 7 nitrogen and oxygen atoms in total. The molecule has 8 heteroatoms. The van der Waals surface area contributed by atoms with Crippen molar-refractivity contribution in [3.63, 3.8) is 0 Å². The number of nitrogens with zero attached hydrogens (tertiary/aromatic N) is 3. The predicted octanol–water partition coefficient (Wildman–Crippen LogP) is 4.43. The van der Waals surface area contributed by atoms with Crippen LogP contribution in [0.5, 0.6) is 17.2 Å². The standard InChI is InChI=1S/C26H30N4O3.HI/c1-27-26(30-12-10-20-14-24(31-2)25(32-3)15-21(20)17-30)29-16-19-7-6-9-23(13-19)33-18-22-8-4-5-11-28-22;/h4-9,11,13-15H,10,12,16-18H2,1-3H3,(H,27,29);1H. The largest absolute Gasteiger partial charge is 0.493 e. The minimum absolute atomic E-state index is 0. The van der Waals surface area contributed by atoms with Crippen LogP contribution in [0.25, 0.3) is 0 Å². The number of hydrogen-bond acceptors (Lipinski definition) is 5. The third kappa shape index (κ3) is 6.31. The summed E-state index contributed by atoms with van der Waals surface area (Å²) in [7, 11) is 5.15. The van der Waals surface area contributed by atoms with Crippen molar-refractivity contribution >= 4 is 29.9 Å². The molecule has 4 rings (SSSR count). The number of rotatable bonds is 7. The molecular weight excluding hydrogens is 543 g/mol. The van der Waals surface area contributed by atoms with E-state index < -0.39 is 0 Å². The lowest BCUT2D eigenvalue weighted by Gasteiger charge is -2.32. The molecule has 0 fully saturated rings. The Morgan fingerprint density at radius 2 is 1.82 bits per heavy atom. The molecule has 0 aliphatic carbocycles. The van der Waals surface area contributed by atoms with E-state index in [9.17, 15) is 0 Å². The number of fused-ring (bicyclic) bond motifs is 1. The summed E-state index contributed by atoms with van der Waals surface area (Å²) >= 11 is 0. The van der Waals surface area contributed by atoms with E-state index in [1.807, 2.05) is 43.4 Å². The van der Waals surface area contributed by atoms with Crippen LogP contribution in [0.1, 0.15) is 22.4 Å². The second kappa shape index (κ2) is 12.5. The monoisotopic (exact) mass is 574 g/mol. The first-order valence-corrected chi connectivity index (χ1v) is 11.0. The normalized spacial score (nSPS) is 12.9. The van der Waals surface area contributed by atoms with Gasteiger partial charge in [-0.15, -0.1) is 24.0 Å². The summed E-state index contributed by atoms with van der Waals surface area (Å²) in [4.78, 5) is 11.1. The van der Waals surface area contributed by atoms with Crippen molar-refractivity contribution in [2.45, 2.75) is 26.1 Å². The van der Waals surface area contributed by atoms with E-state index in [1.165, 1.54) is 11.1 Å². The molecule has 2 heterocycles. The third-order valence-corrected chi connectivity index (χ3v) is 5.69. The lowest BCUT2D eigenvalue weighted by molar-refractivity contribution is 0.301. The predicted molar refractivity (Wildman–Crippen MR) is 144 cm³/mol. The molecule has 180 valence electrons. The molecule has 1 aliphatic heterocycles. The van der Waals surface area contributed by atoms with Crippen LogP contribution in [0.2, 0.25) is 0 Å². The smallest absolute Gasteiger partial charge is 0.194 e. The maximum Gasteiger partial charge on any atom is 0.194 e. The minimum atomic E-state index is 0. The number of hydrogen-bond donors (Lipinski definition) is 1. The van der Waals surface area contributed by atoms with Crippen LogP contribution in [0, 0.1) is 0 Å². The van der Waals surface area contributed by atoms with Gasteiger partial charge in [-0.05, 0) is 59.5 Å². The molecule has 1 aromatic heterocycles. The van der Waals surface area contributed by atoms with Gasteiger partial charge < -0.3 is 24.4 Å². The van der Waals surface area contributed by atoms with Crippen LogP contribution < -0.4 is 19.5 Å². The maximum atomic E-state index is 5.91. The SMILES string of the molecule is CN=C(NCc1cccc(OCc2ccccn2)c1)N1CCc2cc(OC)c(OC)cc2C1.I. The van der Waals surface area contributed by atoms with Gasteiger partial charge >= 0.3 is 0 Å². The van der Waals surface area contributed by atoms with Gasteiger partial charge in [0.2, 0.25) is 0 Å². The average molecular weight is 574 g/mol. The molecular formula is C26H31IN4O3. The number of aromatic nitrogens is 1. The van der Waals surface area contributed by atoms with Crippen LogP contribution in [0.15, 0.2) is 65.8 Å². The number of aliphatic imine (C=N–C) groups is 1. The van der Waals surface area contributed by atoms with E-state index in [1.54, 1.807) is 20.4 Å². The van der Waals surface area contributed by atoms with Gasteiger partial charge in [0, 0.05) is 32.9 Å². The molecule has 2 aromatic carbocycles. The Bertz CT molecular complexity index is 1110.